The van der Waals surface area contributed by atoms with Crippen LogP contribution in [0.5, 0.6) is 5.75 Å². The normalized spacial score (nSPS) is 30.0. The molecule has 0 atom stereocenters. The van der Waals surface area contributed by atoms with Crippen LogP contribution in [0.4, 0.5) is 0 Å². The summed E-state index contributed by atoms with van der Waals surface area (Å²) in [4.78, 5) is 0. The molecule has 0 bridgehead atoms. The number of rotatable bonds is 5. The molecule has 0 aliphatic heterocycles. The van der Waals surface area contributed by atoms with Gasteiger partial charge in [0.2, 0.25) is 0 Å². The second kappa shape index (κ2) is 8.43. The lowest BCUT2D eigenvalue weighted by atomic mass is 9.68. The Bertz CT molecular complexity index is 572. The van der Waals surface area contributed by atoms with Crippen LogP contribution in [-0.4, -0.2) is 6.61 Å². The molecule has 138 valence electrons. The molecule has 1 nitrogen and oxygen atoms in total. The van der Waals surface area contributed by atoms with E-state index >= 15 is 0 Å². The lowest BCUT2D eigenvalue weighted by Gasteiger charge is -2.38. The first-order chi connectivity index (χ1) is 12.1. The van der Waals surface area contributed by atoms with E-state index in [2.05, 4.69) is 45.6 Å². The first-order valence-corrected chi connectivity index (χ1v) is 10.5. The average molecular weight is 341 g/mol. The minimum absolute atomic E-state index is 0.749. The van der Waals surface area contributed by atoms with Gasteiger partial charge in [-0.2, -0.15) is 0 Å². The Hall–Kier alpha value is -1.24. The van der Waals surface area contributed by atoms with Crippen LogP contribution in [0.15, 0.2) is 24.8 Å². The van der Waals surface area contributed by atoms with Gasteiger partial charge < -0.3 is 4.74 Å². The van der Waals surface area contributed by atoms with E-state index in [4.69, 9.17) is 4.74 Å². The molecule has 0 saturated heterocycles. The van der Waals surface area contributed by atoms with Gasteiger partial charge >= 0.3 is 0 Å². The highest BCUT2D eigenvalue weighted by Crippen LogP contribution is 2.45. The second-order valence-corrected chi connectivity index (χ2v) is 8.36. The van der Waals surface area contributed by atoms with Crippen LogP contribution in [0.1, 0.15) is 80.9 Å². The van der Waals surface area contributed by atoms with E-state index in [0.717, 1.165) is 36.0 Å². The summed E-state index contributed by atoms with van der Waals surface area (Å²) in [5.74, 6) is 4.58. The molecule has 2 saturated carbocycles. The van der Waals surface area contributed by atoms with E-state index in [1.807, 2.05) is 0 Å². The summed E-state index contributed by atoms with van der Waals surface area (Å²) in [5, 5.41) is 0. The summed E-state index contributed by atoms with van der Waals surface area (Å²) in [5.41, 5.74) is 4.37. The Morgan fingerprint density at radius 3 is 2.08 bits per heavy atom. The van der Waals surface area contributed by atoms with Crippen molar-refractivity contribution in [3.63, 3.8) is 0 Å². The number of ether oxygens (including phenoxy) is 1. The molecule has 0 spiro atoms. The summed E-state index contributed by atoms with van der Waals surface area (Å²) in [6.07, 6.45) is 13.4. The topological polar surface area (TPSA) is 9.23 Å². The average Bonchev–Trinajstić information content (AvgIpc) is 2.66. The molecule has 1 aromatic rings. The maximum absolute atomic E-state index is 5.77. The van der Waals surface area contributed by atoms with E-state index < -0.39 is 0 Å². The highest BCUT2D eigenvalue weighted by atomic mass is 16.5. The molecule has 0 radical (unpaired) electrons. The Morgan fingerprint density at radius 2 is 1.52 bits per heavy atom. The molecule has 2 fully saturated rings. The molecule has 2 aliphatic carbocycles. The van der Waals surface area contributed by atoms with Crippen LogP contribution < -0.4 is 4.74 Å². The van der Waals surface area contributed by atoms with Gasteiger partial charge in [0.15, 0.2) is 0 Å². The Balaban J connectivity index is 1.59. The smallest absolute Gasteiger partial charge is 0.122 e. The van der Waals surface area contributed by atoms with Crippen LogP contribution in [0.2, 0.25) is 0 Å². The highest BCUT2D eigenvalue weighted by molar-refractivity contribution is 5.45. The third-order valence-electron chi connectivity index (χ3n) is 7.11. The molecule has 1 aromatic carbocycles. The number of hydrogen-bond donors (Lipinski definition) is 0. The van der Waals surface area contributed by atoms with Crippen LogP contribution in [0.25, 0.3) is 0 Å². The Labute approximate surface area is 154 Å². The van der Waals surface area contributed by atoms with Gasteiger partial charge in [0.05, 0.1) is 6.61 Å². The zero-order valence-electron chi connectivity index (χ0n) is 16.5. The molecule has 1 heteroatoms. The van der Waals surface area contributed by atoms with E-state index in [1.165, 1.54) is 62.5 Å². The van der Waals surface area contributed by atoms with Gasteiger partial charge in [0.1, 0.15) is 5.75 Å². The number of allylic oxidation sites excluding steroid dienone is 1. The summed E-state index contributed by atoms with van der Waals surface area (Å²) in [6.45, 7) is 11.3. The van der Waals surface area contributed by atoms with E-state index in [9.17, 15) is 0 Å². The van der Waals surface area contributed by atoms with E-state index in [1.54, 1.807) is 5.56 Å². The first kappa shape index (κ1) is 18.5. The van der Waals surface area contributed by atoms with Gasteiger partial charge in [-0.1, -0.05) is 12.1 Å². The first-order valence-electron chi connectivity index (χ1n) is 10.5. The van der Waals surface area contributed by atoms with E-state index in [-0.39, 0.29) is 0 Å². The highest BCUT2D eigenvalue weighted by Gasteiger charge is 2.31. The van der Waals surface area contributed by atoms with Crippen molar-refractivity contribution in [2.24, 2.45) is 17.8 Å². The predicted molar refractivity (Wildman–Crippen MR) is 107 cm³/mol. The molecular weight excluding hydrogens is 304 g/mol. The third kappa shape index (κ3) is 4.13. The monoisotopic (exact) mass is 340 g/mol. The molecular formula is C24H36O. The predicted octanol–water partition coefficient (Wildman–Crippen LogP) is 6.97. The van der Waals surface area contributed by atoms with Gasteiger partial charge in [-0.3, -0.25) is 0 Å². The molecule has 0 aromatic heterocycles. The zero-order chi connectivity index (χ0) is 17.8. The second-order valence-electron chi connectivity index (χ2n) is 8.36. The minimum Gasteiger partial charge on any atom is -0.494 e. The molecule has 0 heterocycles. The molecule has 0 N–H and O–H groups in total. The fraction of sp³-hybridized carbons (Fsp3) is 0.667. The number of benzene rings is 1. The Kier molecular flexibility index (Phi) is 6.25. The molecule has 3 rings (SSSR count). The van der Waals surface area contributed by atoms with Crippen LogP contribution >= 0.6 is 0 Å². The fourth-order valence-electron chi connectivity index (χ4n) is 5.32. The Morgan fingerprint density at radius 1 is 0.920 bits per heavy atom. The van der Waals surface area contributed by atoms with Crippen molar-refractivity contribution >= 4 is 0 Å². The van der Waals surface area contributed by atoms with Crippen molar-refractivity contribution in [2.75, 3.05) is 6.61 Å². The minimum atomic E-state index is 0.749. The molecule has 0 amide bonds. The third-order valence-corrected chi connectivity index (χ3v) is 7.11. The van der Waals surface area contributed by atoms with Crippen molar-refractivity contribution in [2.45, 2.75) is 78.1 Å². The van der Waals surface area contributed by atoms with Crippen molar-refractivity contribution in [3.8, 4) is 5.75 Å². The maximum Gasteiger partial charge on any atom is 0.122 e. The summed E-state index contributed by atoms with van der Waals surface area (Å²) >= 11 is 0. The SMILES string of the molecule is C=CC1CCC(C2CCC(c3ccc(OCC)c(C)c3C)CC2)CC1. The van der Waals surface area contributed by atoms with Gasteiger partial charge in [0, 0.05) is 0 Å². The van der Waals surface area contributed by atoms with Crippen molar-refractivity contribution < 1.29 is 4.74 Å². The molecule has 2 aliphatic rings. The van der Waals surface area contributed by atoms with Gasteiger partial charge in [-0.25, -0.2) is 0 Å². The van der Waals surface area contributed by atoms with Gasteiger partial charge in [-0.15, -0.1) is 6.58 Å². The largest absolute Gasteiger partial charge is 0.494 e. The van der Waals surface area contributed by atoms with Crippen molar-refractivity contribution in [3.05, 3.63) is 41.5 Å². The lowest BCUT2D eigenvalue weighted by molar-refractivity contribution is 0.171. The van der Waals surface area contributed by atoms with Crippen LogP contribution in [-0.2, 0) is 0 Å². The summed E-state index contributed by atoms with van der Waals surface area (Å²) in [6, 6.07) is 4.54. The maximum atomic E-state index is 5.77. The van der Waals surface area contributed by atoms with Crippen LogP contribution in [0.3, 0.4) is 0 Å². The molecule has 0 unspecified atom stereocenters. The van der Waals surface area contributed by atoms with Gasteiger partial charge in [0.25, 0.3) is 0 Å². The summed E-state index contributed by atoms with van der Waals surface area (Å²) < 4.78 is 5.77. The van der Waals surface area contributed by atoms with Crippen molar-refractivity contribution in [1.29, 1.82) is 0 Å². The van der Waals surface area contributed by atoms with Crippen molar-refractivity contribution in [1.82, 2.24) is 0 Å². The fourth-order valence-corrected chi connectivity index (χ4v) is 5.32. The standard InChI is InChI=1S/C24H36O/c1-5-19-7-9-20(10-8-19)21-11-13-22(14-12-21)23-15-16-24(25-6-2)18(4)17(23)3/h5,15-16,19-22H,1,6-14H2,2-4H3. The van der Waals surface area contributed by atoms with Gasteiger partial charge in [-0.05, 0) is 119 Å². The number of hydrogen-bond acceptors (Lipinski definition) is 1. The lowest BCUT2D eigenvalue weighted by Crippen LogP contribution is -2.25. The van der Waals surface area contributed by atoms with E-state index in [0.29, 0.717) is 0 Å². The summed E-state index contributed by atoms with van der Waals surface area (Å²) in [7, 11) is 0. The zero-order valence-corrected chi connectivity index (χ0v) is 16.5. The molecule has 25 heavy (non-hydrogen) atoms. The quantitative estimate of drug-likeness (QED) is 0.526. The van der Waals surface area contributed by atoms with Crippen LogP contribution in [0, 0.1) is 31.6 Å².